The Morgan fingerprint density at radius 2 is 1.78 bits per heavy atom. The third-order valence-electron chi connectivity index (χ3n) is 6.21. The molecule has 0 radical (unpaired) electrons. The predicted molar refractivity (Wildman–Crippen MR) is 92.4 cm³/mol. The smallest absolute Gasteiger partial charge is 0.164 e. The zero-order valence-corrected chi connectivity index (χ0v) is 13.2. The summed E-state index contributed by atoms with van der Waals surface area (Å²) in [5, 5.41) is 0. The average molecular weight is 300 g/mol. The zero-order chi connectivity index (χ0) is 15.4. The van der Waals surface area contributed by atoms with E-state index in [-0.39, 0.29) is 5.41 Å². The summed E-state index contributed by atoms with van der Waals surface area (Å²) in [4.78, 5) is 13.1. The third kappa shape index (κ3) is 1.89. The van der Waals surface area contributed by atoms with E-state index in [4.69, 9.17) is 0 Å². The molecular formula is C22H20O. The number of rotatable bonds is 1. The largest absolute Gasteiger partial charge is 0.294 e. The van der Waals surface area contributed by atoms with Gasteiger partial charge < -0.3 is 0 Å². The van der Waals surface area contributed by atoms with Crippen molar-refractivity contribution in [2.24, 2.45) is 11.3 Å². The van der Waals surface area contributed by atoms with Gasteiger partial charge in [0.1, 0.15) is 0 Å². The fraction of sp³-hybridized carbons (Fsp3) is 0.318. The number of hydrogen-bond acceptors (Lipinski definition) is 1. The average Bonchev–Trinajstić information content (AvgIpc) is 3.16. The molecule has 1 fully saturated rings. The molecule has 2 unspecified atom stereocenters. The van der Waals surface area contributed by atoms with Gasteiger partial charge in [0.25, 0.3) is 0 Å². The van der Waals surface area contributed by atoms with E-state index >= 15 is 0 Å². The fourth-order valence-corrected chi connectivity index (χ4v) is 5.20. The molecule has 3 aliphatic carbocycles. The van der Waals surface area contributed by atoms with Gasteiger partial charge in [0.15, 0.2) is 5.78 Å². The minimum atomic E-state index is 0.226. The lowest BCUT2D eigenvalue weighted by atomic mass is 9.63. The van der Waals surface area contributed by atoms with E-state index in [0.29, 0.717) is 11.7 Å². The molecule has 0 heterocycles. The summed E-state index contributed by atoms with van der Waals surface area (Å²) in [5.74, 6) is 1.06. The van der Waals surface area contributed by atoms with Gasteiger partial charge in [-0.25, -0.2) is 0 Å². The molecule has 1 nitrogen and oxygen atoms in total. The van der Waals surface area contributed by atoms with E-state index in [0.717, 1.165) is 36.0 Å². The first-order valence-electron chi connectivity index (χ1n) is 8.64. The van der Waals surface area contributed by atoms with Crippen molar-refractivity contribution in [3.8, 4) is 11.1 Å². The van der Waals surface area contributed by atoms with Crippen LogP contribution in [-0.4, -0.2) is 5.78 Å². The predicted octanol–water partition coefficient (Wildman–Crippen LogP) is 5.21. The molecule has 0 aliphatic heterocycles. The second-order valence-corrected chi connectivity index (χ2v) is 7.52. The van der Waals surface area contributed by atoms with Crippen LogP contribution in [0.5, 0.6) is 0 Å². The fourth-order valence-electron chi connectivity index (χ4n) is 5.20. The molecule has 2 bridgehead atoms. The summed E-state index contributed by atoms with van der Waals surface area (Å²) in [6, 6.07) is 16.7. The molecular weight excluding hydrogens is 280 g/mol. The first kappa shape index (κ1) is 13.3. The highest BCUT2D eigenvalue weighted by Gasteiger charge is 2.50. The molecule has 0 amide bonds. The van der Waals surface area contributed by atoms with Crippen LogP contribution in [0.1, 0.15) is 41.6 Å². The normalized spacial score (nSPS) is 28.1. The summed E-state index contributed by atoms with van der Waals surface area (Å²) in [6.45, 7) is 0. The summed E-state index contributed by atoms with van der Waals surface area (Å²) >= 11 is 0. The Labute approximate surface area is 137 Å². The topological polar surface area (TPSA) is 17.1 Å². The molecule has 1 heteroatoms. The first-order valence-corrected chi connectivity index (χ1v) is 8.64. The van der Waals surface area contributed by atoms with Crippen molar-refractivity contribution in [2.75, 3.05) is 0 Å². The van der Waals surface area contributed by atoms with Crippen LogP contribution >= 0.6 is 0 Å². The molecule has 2 aromatic carbocycles. The molecule has 0 aromatic heterocycles. The van der Waals surface area contributed by atoms with Crippen LogP contribution in [-0.2, 0) is 6.42 Å². The summed E-state index contributed by atoms with van der Waals surface area (Å²) < 4.78 is 0. The highest BCUT2D eigenvalue weighted by molar-refractivity contribution is 6.05. The second kappa shape index (κ2) is 4.67. The number of Topliss-reactive ketones (excluding diaryl/α,β-unsaturated/α-hetero) is 1. The lowest BCUT2D eigenvalue weighted by molar-refractivity contribution is 0.0825. The molecule has 2 aromatic rings. The molecule has 0 saturated heterocycles. The lowest BCUT2D eigenvalue weighted by Crippen LogP contribution is -2.36. The Kier molecular flexibility index (Phi) is 2.70. The lowest BCUT2D eigenvalue weighted by Gasteiger charge is -2.40. The molecule has 2 atom stereocenters. The molecule has 114 valence electrons. The number of fused-ring (bicyclic) bond motifs is 4. The van der Waals surface area contributed by atoms with Gasteiger partial charge in [-0.15, -0.1) is 0 Å². The van der Waals surface area contributed by atoms with Crippen molar-refractivity contribution < 1.29 is 4.79 Å². The number of benzene rings is 2. The molecule has 23 heavy (non-hydrogen) atoms. The summed E-state index contributed by atoms with van der Waals surface area (Å²) in [5.41, 5.74) is 6.36. The second-order valence-electron chi connectivity index (χ2n) is 7.52. The maximum Gasteiger partial charge on any atom is 0.164 e. The Balaban J connectivity index is 1.62. The van der Waals surface area contributed by atoms with E-state index in [2.05, 4.69) is 36.4 Å². The van der Waals surface area contributed by atoms with Crippen LogP contribution in [0.25, 0.3) is 11.1 Å². The third-order valence-corrected chi connectivity index (χ3v) is 6.21. The molecule has 1 saturated carbocycles. The number of carbonyl (C=O) groups excluding carboxylic acids is 1. The van der Waals surface area contributed by atoms with Gasteiger partial charge in [0, 0.05) is 12.0 Å². The quantitative estimate of drug-likeness (QED) is 0.661. The standard InChI is InChI=1S/C22H20O/c23-20-14-22(12-15-9-10-18(22)11-15)13-17-7-4-8-19(21(17)20)16-5-2-1-3-6-16/h1-9,18H,10-14H2. The Hall–Kier alpha value is -2.15. The van der Waals surface area contributed by atoms with Gasteiger partial charge in [-0.3, -0.25) is 4.79 Å². The maximum atomic E-state index is 13.1. The van der Waals surface area contributed by atoms with E-state index in [1.165, 1.54) is 18.4 Å². The molecule has 3 aliphatic rings. The van der Waals surface area contributed by atoms with Gasteiger partial charge in [-0.2, -0.15) is 0 Å². The van der Waals surface area contributed by atoms with Gasteiger partial charge in [0.05, 0.1) is 0 Å². The minimum absolute atomic E-state index is 0.226. The monoisotopic (exact) mass is 300 g/mol. The number of carbonyl (C=O) groups is 1. The molecule has 0 N–H and O–H groups in total. The Morgan fingerprint density at radius 1 is 0.913 bits per heavy atom. The van der Waals surface area contributed by atoms with E-state index < -0.39 is 0 Å². The molecule has 5 rings (SSSR count). The van der Waals surface area contributed by atoms with Crippen LogP contribution < -0.4 is 0 Å². The molecule has 1 spiro atoms. The van der Waals surface area contributed by atoms with Crippen LogP contribution in [0.2, 0.25) is 0 Å². The number of allylic oxidation sites excluding steroid dienone is 2. The first-order chi connectivity index (χ1) is 11.3. The van der Waals surface area contributed by atoms with Crippen LogP contribution in [0, 0.1) is 11.3 Å². The van der Waals surface area contributed by atoms with Crippen LogP contribution in [0.3, 0.4) is 0 Å². The Morgan fingerprint density at radius 3 is 2.52 bits per heavy atom. The van der Waals surface area contributed by atoms with Crippen molar-refractivity contribution in [3.63, 3.8) is 0 Å². The van der Waals surface area contributed by atoms with Gasteiger partial charge in [-0.05, 0) is 53.7 Å². The van der Waals surface area contributed by atoms with Crippen molar-refractivity contribution in [3.05, 3.63) is 71.3 Å². The van der Waals surface area contributed by atoms with Crippen molar-refractivity contribution in [1.82, 2.24) is 0 Å². The highest BCUT2D eigenvalue weighted by Crippen LogP contribution is 2.58. The highest BCUT2D eigenvalue weighted by atomic mass is 16.1. The zero-order valence-electron chi connectivity index (χ0n) is 13.2. The SMILES string of the molecule is O=C1CC2(CC3=CCC2C3)Cc2cccc(-c3ccccc3)c21. The summed E-state index contributed by atoms with van der Waals surface area (Å²) in [6.07, 6.45) is 7.81. The van der Waals surface area contributed by atoms with Gasteiger partial charge in [0.2, 0.25) is 0 Å². The number of hydrogen-bond donors (Lipinski definition) is 0. The number of ketones is 1. The van der Waals surface area contributed by atoms with Gasteiger partial charge >= 0.3 is 0 Å². The summed E-state index contributed by atoms with van der Waals surface area (Å²) in [7, 11) is 0. The van der Waals surface area contributed by atoms with E-state index in [1.54, 1.807) is 5.57 Å². The van der Waals surface area contributed by atoms with Crippen molar-refractivity contribution in [1.29, 1.82) is 0 Å². The van der Waals surface area contributed by atoms with Crippen LogP contribution in [0.15, 0.2) is 60.2 Å². The Bertz CT molecular complexity index is 830. The minimum Gasteiger partial charge on any atom is -0.294 e. The van der Waals surface area contributed by atoms with E-state index in [1.807, 2.05) is 18.2 Å². The van der Waals surface area contributed by atoms with E-state index in [9.17, 15) is 4.79 Å². The van der Waals surface area contributed by atoms with Gasteiger partial charge in [-0.1, -0.05) is 60.2 Å². The van der Waals surface area contributed by atoms with Crippen LogP contribution in [0.4, 0.5) is 0 Å². The van der Waals surface area contributed by atoms with Crippen molar-refractivity contribution in [2.45, 2.75) is 32.1 Å². The van der Waals surface area contributed by atoms with Crippen molar-refractivity contribution >= 4 is 5.78 Å². The maximum absolute atomic E-state index is 13.1.